The molecule has 0 unspecified atom stereocenters. The maximum atomic E-state index is 12.6. The average molecular weight is 375 g/mol. The van der Waals surface area contributed by atoms with Gasteiger partial charge < -0.3 is 4.52 Å². The van der Waals surface area contributed by atoms with Crippen LogP contribution in [0.5, 0.6) is 0 Å². The summed E-state index contributed by atoms with van der Waals surface area (Å²) in [6.45, 7) is 0.932. The number of hydrogen-bond donors (Lipinski definition) is 0. The predicted octanol–water partition coefficient (Wildman–Crippen LogP) is 3.37. The molecule has 0 aliphatic carbocycles. The molecule has 0 N–H and O–H groups in total. The van der Waals surface area contributed by atoms with Gasteiger partial charge in [-0.3, -0.25) is 0 Å². The van der Waals surface area contributed by atoms with Gasteiger partial charge in [-0.05, 0) is 24.3 Å². The van der Waals surface area contributed by atoms with Crippen LogP contribution >= 0.6 is 11.3 Å². The first-order valence-corrected chi connectivity index (χ1v) is 10.4. The van der Waals surface area contributed by atoms with E-state index in [9.17, 15) is 8.42 Å². The molecule has 0 spiro atoms. The van der Waals surface area contributed by atoms with E-state index in [0.717, 1.165) is 5.56 Å². The number of hydrogen-bond acceptors (Lipinski definition) is 6. The maximum Gasteiger partial charge on any atom is 0.252 e. The zero-order chi connectivity index (χ0) is 17.3. The minimum absolute atomic E-state index is 0.0970. The van der Waals surface area contributed by atoms with Crippen molar-refractivity contribution >= 4 is 21.4 Å². The van der Waals surface area contributed by atoms with Gasteiger partial charge in [0.25, 0.3) is 10.0 Å². The standard InChI is InChI=1S/C17H17N3O3S2/c21-25(22,15-7-4-12-24-15)20-10-8-14(9-11-20)17-18-16(19-23-17)13-5-2-1-3-6-13/h1-7,12,14H,8-11H2. The molecule has 0 saturated carbocycles. The highest BCUT2D eigenvalue weighted by Crippen LogP contribution is 2.31. The quantitative estimate of drug-likeness (QED) is 0.699. The third-order valence-corrected chi connectivity index (χ3v) is 7.64. The van der Waals surface area contributed by atoms with Crippen LogP contribution in [0, 0.1) is 0 Å². The molecular weight excluding hydrogens is 358 g/mol. The van der Waals surface area contributed by atoms with Crippen LogP contribution in [0.4, 0.5) is 0 Å². The van der Waals surface area contributed by atoms with Crippen LogP contribution in [0.25, 0.3) is 11.4 Å². The molecular formula is C17H17N3O3S2. The Kier molecular flexibility index (Phi) is 4.41. The summed E-state index contributed by atoms with van der Waals surface area (Å²) < 4.78 is 32.5. The number of piperidine rings is 1. The highest BCUT2D eigenvalue weighted by Gasteiger charge is 2.32. The van der Waals surface area contributed by atoms with Gasteiger partial charge in [-0.15, -0.1) is 11.3 Å². The Balaban J connectivity index is 1.45. The molecule has 3 heterocycles. The highest BCUT2D eigenvalue weighted by atomic mass is 32.2. The molecule has 1 aliphatic rings. The van der Waals surface area contributed by atoms with Crippen molar-refractivity contribution < 1.29 is 12.9 Å². The van der Waals surface area contributed by atoms with Crippen molar-refractivity contribution in [1.82, 2.24) is 14.4 Å². The van der Waals surface area contributed by atoms with Gasteiger partial charge in [-0.1, -0.05) is 41.6 Å². The van der Waals surface area contributed by atoms with Crippen LogP contribution in [0.1, 0.15) is 24.7 Å². The van der Waals surface area contributed by atoms with E-state index >= 15 is 0 Å². The summed E-state index contributed by atoms with van der Waals surface area (Å²) in [4.78, 5) is 4.50. The van der Waals surface area contributed by atoms with E-state index in [1.54, 1.807) is 21.8 Å². The van der Waals surface area contributed by atoms with Crippen LogP contribution in [0.3, 0.4) is 0 Å². The summed E-state index contributed by atoms with van der Waals surface area (Å²) in [5.41, 5.74) is 0.912. The SMILES string of the molecule is O=S(=O)(c1cccs1)N1CCC(c2nc(-c3ccccc3)no2)CC1. The van der Waals surface area contributed by atoms with E-state index in [4.69, 9.17) is 4.52 Å². The van der Waals surface area contributed by atoms with E-state index < -0.39 is 10.0 Å². The van der Waals surface area contributed by atoms with Gasteiger partial charge in [0.05, 0.1) is 0 Å². The lowest BCUT2D eigenvalue weighted by molar-refractivity contribution is 0.271. The Morgan fingerprint density at radius 1 is 1.08 bits per heavy atom. The summed E-state index contributed by atoms with van der Waals surface area (Å²) in [5.74, 6) is 1.26. The fourth-order valence-corrected chi connectivity index (χ4v) is 5.60. The van der Waals surface area contributed by atoms with Gasteiger partial charge in [-0.25, -0.2) is 8.42 Å². The van der Waals surface area contributed by atoms with Gasteiger partial charge in [0.15, 0.2) is 0 Å². The Morgan fingerprint density at radius 3 is 2.52 bits per heavy atom. The fraction of sp³-hybridized carbons (Fsp3) is 0.294. The molecule has 25 heavy (non-hydrogen) atoms. The lowest BCUT2D eigenvalue weighted by Gasteiger charge is -2.29. The zero-order valence-corrected chi connectivity index (χ0v) is 15.0. The average Bonchev–Trinajstić information content (AvgIpc) is 3.35. The first-order valence-electron chi connectivity index (χ1n) is 8.07. The molecule has 4 rings (SSSR count). The van der Waals surface area contributed by atoms with Crippen LogP contribution in [0.15, 0.2) is 56.6 Å². The lowest BCUT2D eigenvalue weighted by atomic mass is 9.98. The van der Waals surface area contributed by atoms with Crippen molar-refractivity contribution in [2.45, 2.75) is 23.0 Å². The van der Waals surface area contributed by atoms with Gasteiger partial charge in [0.2, 0.25) is 11.7 Å². The molecule has 1 fully saturated rings. The lowest BCUT2D eigenvalue weighted by Crippen LogP contribution is -2.37. The van der Waals surface area contributed by atoms with E-state index in [0.29, 0.717) is 41.9 Å². The topological polar surface area (TPSA) is 76.3 Å². The molecule has 1 saturated heterocycles. The molecule has 1 aliphatic heterocycles. The zero-order valence-electron chi connectivity index (χ0n) is 13.4. The number of aromatic nitrogens is 2. The van der Waals surface area contributed by atoms with E-state index in [-0.39, 0.29) is 5.92 Å². The van der Waals surface area contributed by atoms with Crippen LogP contribution in [0.2, 0.25) is 0 Å². The summed E-state index contributed by atoms with van der Waals surface area (Å²) in [7, 11) is -3.38. The first kappa shape index (κ1) is 16.4. The molecule has 3 aromatic rings. The third-order valence-electron chi connectivity index (χ3n) is 4.37. The maximum absolute atomic E-state index is 12.6. The minimum Gasteiger partial charge on any atom is -0.339 e. The molecule has 8 heteroatoms. The second kappa shape index (κ2) is 6.70. The van der Waals surface area contributed by atoms with Crippen molar-refractivity contribution in [3.8, 4) is 11.4 Å². The summed E-state index contributed by atoms with van der Waals surface area (Å²) in [6.07, 6.45) is 1.36. The second-order valence-electron chi connectivity index (χ2n) is 5.93. The number of nitrogens with zero attached hydrogens (tertiary/aromatic N) is 3. The van der Waals surface area contributed by atoms with Crippen LogP contribution in [-0.4, -0.2) is 36.0 Å². The fourth-order valence-electron chi connectivity index (χ4n) is 2.99. The van der Waals surface area contributed by atoms with E-state index in [1.165, 1.54) is 11.3 Å². The Hall–Kier alpha value is -2.03. The molecule has 6 nitrogen and oxygen atoms in total. The van der Waals surface area contributed by atoms with Gasteiger partial charge >= 0.3 is 0 Å². The van der Waals surface area contributed by atoms with Crippen LogP contribution < -0.4 is 0 Å². The third kappa shape index (κ3) is 3.24. The summed E-state index contributed by atoms with van der Waals surface area (Å²) in [5, 5.41) is 5.83. The summed E-state index contributed by atoms with van der Waals surface area (Å²) in [6, 6.07) is 13.1. The number of benzene rings is 1. The van der Waals surface area contributed by atoms with Crippen LogP contribution in [-0.2, 0) is 10.0 Å². The Labute approximate surface area is 150 Å². The molecule has 0 bridgehead atoms. The monoisotopic (exact) mass is 375 g/mol. The van der Waals surface area contributed by atoms with E-state index in [2.05, 4.69) is 10.1 Å². The molecule has 0 radical (unpaired) electrons. The molecule has 1 aromatic carbocycles. The largest absolute Gasteiger partial charge is 0.339 e. The van der Waals surface area contributed by atoms with Crippen molar-refractivity contribution in [2.75, 3.05) is 13.1 Å². The van der Waals surface area contributed by atoms with Crippen molar-refractivity contribution in [3.05, 3.63) is 53.7 Å². The second-order valence-corrected chi connectivity index (χ2v) is 9.05. The Bertz CT molecular complexity index is 929. The molecule has 2 aromatic heterocycles. The van der Waals surface area contributed by atoms with Crippen molar-refractivity contribution in [3.63, 3.8) is 0 Å². The minimum atomic E-state index is -3.38. The summed E-state index contributed by atoms with van der Waals surface area (Å²) >= 11 is 1.25. The number of thiophene rings is 1. The molecule has 0 amide bonds. The van der Waals surface area contributed by atoms with E-state index in [1.807, 2.05) is 30.3 Å². The molecule has 130 valence electrons. The van der Waals surface area contributed by atoms with Gasteiger partial charge in [-0.2, -0.15) is 9.29 Å². The highest BCUT2D eigenvalue weighted by molar-refractivity contribution is 7.91. The predicted molar refractivity (Wildman–Crippen MR) is 94.8 cm³/mol. The smallest absolute Gasteiger partial charge is 0.252 e. The molecule has 0 atom stereocenters. The van der Waals surface area contributed by atoms with Gasteiger partial charge in [0, 0.05) is 24.6 Å². The first-order chi connectivity index (χ1) is 12.1. The Morgan fingerprint density at radius 2 is 1.84 bits per heavy atom. The number of rotatable bonds is 4. The number of sulfonamides is 1. The van der Waals surface area contributed by atoms with Crippen molar-refractivity contribution in [1.29, 1.82) is 0 Å². The van der Waals surface area contributed by atoms with Crippen molar-refractivity contribution in [2.24, 2.45) is 0 Å². The van der Waals surface area contributed by atoms with Gasteiger partial charge in [0.1, 0.15) is 4.21 Å². The normalized spacial score (nSPS) is 17.0.